The minimum atomic E-state index is 0.343. The molecule has 0 radical (unpaired) electrons. The molecule has 46 heavy (non-hydrogen) atoms. The molecule has 7 aromatic rings. The third kappa shape index (κ3) is 4.86. The quantitative estimate of drug-likeness (QED) is 0.198. The topological polar surface area (TPSA) is 112 Å². The van der Waals surface area contributed by atoms with Gasteiger partial charge < -0.3 is 9.32 Å². The standard InChI is InChI=1S/C40H21N5O/c41-22-30-7-5-28(19-32(30)24-43)26-9-13-34(14-10-26)45(36-17-18-40-38(21-36)37-3-1-2-4-39(37)46-40)35-15-11-27(12-16-35)29-6-8-31(23-42)33(20-29)25-44/h1-21H. The molecule has 7 rings (SSSR count). The van der Waals surface area contributed by atoms with Crippen LogP contribution in [0.5, 0.6) is 0 Å². The molecule has 0 saturated heterocycles. The van der Waals surface area contributed by atoms with E-state index < -0.39 is 0 Å². The first kappa shape index (κ1) is 27.7. The summed E-state index contributed by atoms with van der Waals surface area (Å²) >= 11 is 0. The van der Waals surface area contributed by atoms with Crippen LogP contribution in [-0.2, 0) is 0 Å². The molecule has 6 aromatic carbocycles. The monoisotopic (exact) mass is 587 g/mol. The summed E-state index contributed by atoms with van der Waals surface area (Å²) < 4.78 is 6.09. The van der Waals surface area contributed by atoms with E-state index in [4.69, 9.17) is 4.42 Å². The number of nitriles is 4. The fraction of sp³-hybridized carbons (Fsp3) is 0. The van der Waals surface area contributed by atoms with E-state index in [1.807, 2.05) is 91.0 Å². The summed E-state index contributed by atoms with van der Waals surface area (Å²) in [4.78, 5) is 2.16. The third-order valence-corrected chi connectivity index (χ3v) is 8.06. The predicted octanol–water partition coefficient (Wildman–Crippen LogP) is 9.88. The molecule has 212 valence electrons. The van der Waals surface area contributed by atoms with Gasteiger partial charge in [-0.3, -0.25) is 0 Å². The predicted molar refractivity (Wildman–Crippen MR) is 178 cm³/mol. The van der Waals surface area contributed by atoms with Gasteiger partial charge in [0.15, 0.2) is 0 Å². The molecule has 0 bridgehead atoms. The minimum Gasteiger partial charge on any atom is -0.456 e. The second kappa shape index (κ2) is 11.5. The SMILES string of the molecule is N#Cc1ccc(-c2ccc(N(c3ccc(-c4ccc(C#N)c(C#N)c4)cc3)c3ccc4oc5ccccc5c4c3)cc2)cc1C#N. The van der Waals surface area contributed by atoms with Gasteiger partial charge in [-0.1, -0.05) is 54.6 Å². The lowest BCUT2D eigenvalue weighted by molar-refractivity contribution is 0.669. The lowest BCUT2D eigenvalue weighted by atomic mass is 9.99. The van der Waals surface area contributed by atoms with Crippen molar-refractivity contribution < 1.29 is 4.42 Å². The Hall–Kier alpha value is -7.12. The first-order chi connectivity index (χ1) is 22.6. The van der Waals surface area contributed by atoms with Gasteiger partial charge in [0.1, 0.15) is 35.4 Å². The molecule has 0 saturated carbocycles. The van der Waals surface area contributed by atoms with E-state index in [9.17, 15) is 21.0 Å². The Bertz CT molecular complexity index is 2340. The van der Waals surface area contributed by atoms with Crippen molar-refractivity contribution in [3.05, 3.63) is 150 Å². The molecule has 6 heteroatoms. The molecule has 0 aliphatic heterocycles. The van der Waals surface area contributed by atoms with Crippen LogP contribution in [-0.4, -0.2) is 0 Å². The Kier molecular flexibility index (Phi) is 6.94. The number of para-hydroxylation sites is 1. The Morgan fingerprint density at radius 3 is 1.37 bits per heavy atom. The van der Waals surface area contributed by atoms with E-state index in [0.717, 1.165) is 61.3 Å². The van der Waals surface area contributed by atoms with Gasteiger partial charge in [-0.25, -0.2) is 0 Å². The number of benzene rings is 6. The van der Waals surface area contributed by atoms with Crippen molar-refractivity contribution in [3.63, 3.8) is 0 Å². The van der Waals surface area contributed by atoms with Crippen LogP contribution in [0, 0.1) is 45.3 Å². The zero-order valence-corrected chi connectivity index (χ0v) is 24.3. The second-order valence-electron chi connectivity index (χ2n) is 10.7. The molecular weight excluding hydrogens is 566 g/mol. The first-order valence-electron chi connectivity index (χ1n) is 14.4. The Balaban J connectivity index is 1.33. The summed E-state index contributed by atoms with van der Waals surface area (Å²) in [5.74, 6) is 0. The largest absolute Gasteiger partial charge is 0.456 e. The highest BCUT2D eigenvalue weighted by Crippen LogP contribution is 2.40. The van der Waals surface area contributed by atoms with Crippen molar-refractivity contribution in [2.45, 2.75) is 0 Å². The number of nitrogens with zero attached hydrogens (tertiary/aromatic N) is 5. The van der Waals surface area contributed by atoms with Crippen LogP contribution in [0.3, 0.4) is 0 Å². The molecule has 6 nitrogen and oxygen atoms in total. The highest BCUT2D eigenvalue weighted by Gasteiger charge is 2.16. The Morgan fingerprint density at radius 1 is 0.391 bits per heavy atom. The molecule has 0 N–H and O–H groups in total. The molecule has 0 aliphatic rings. The molecule has 0 unspecified atom stereocenters. The molecule has 1 aromatic heterocycles. The van der Waals surface area contributed by atoms with Gasteiger partial charge in [0, 0.05) is 27.8 Å². The maximum atomic E-state index is 9.52. The summed E-state index contributed by atoms with van der Waals surface area (Å²) in [7, 11) is 0. The summed E-state index contributed by atoms with van der Waals surface area (Å²) in [6.07, 6.45) is 0. The van der Waals surface area contributed by atoms with Crippen LogP contribution in [0.15, 0.2) is 132 Å². The van der Waals surface area contributed by atoms with E-state index in [2.05, 4.69) is 41.3 Å². The summed E-state index contributed by atoms with van der Waals surface area (Å²) in [5, 5.41) is 39.7. The molecule has 0 spiro atoms. The van der Waals surface area contributed by atoms with Gasteiger partial charge in [-0.05, 0) is 95.1 Å². The van der Waals surface area contributed by atoms with Crippen molar-refractivity contribution in [2.24, 2.45) is 0 Å². The van der Waals surface area contributed by atoms with Crippen molar-refractivity contribution in [2.75, 3.05) is 4.90 Å². The van der Waals surface area contributed by atoms with Gasteiger partial charge in [0.2, 0.25) is 0 Å². The summed E-state index contributed by atoms with van der Waals surface area (Å²) in [6.45, 7) is 0. The van der Waals surface area contributed by atoms with Crippen molar-refractivity contribution >= 4 is 39.0 Å². The van der Waals surface area contributed by atoms with Crippen LogP contribution in [0.2, 0.25) is 0 Å². The van der Waals surface area contributed by atoms with Crippen molar-refractivity contribution in [3.8, 4) is 46.5 Å². The van der Waals surface area contributed by atoms with Crippen LogP contribution in [0.25, 0.3) is 44.2 Å². The van der Waals surface area contributed by atoms with Gasteiger partial charge in [0.25, 0.3) is 0 Å². The Morgan fingerprint density at radius 2 is 0.848 bits per heavy atom. The van der Waals surface area contributed by atoms with E-state index >= 15 is 0 Å². The minimum absolute atomic E-state index is 0.343. The van der Waals surface area contributed by atoms with E-state index in [1.54, 1.807) is 24.3 Å². The molecular formula is C40H21N5O. The third-order valence-electron chi connectivity index (χ3n) is 8.06. The zero-order chi connectivity index (χ0) is 31.6. The molecule has 0 atom stereocenters. The fourth-order valence-corrected chi connectivity index (χ4v) is 5.73. The van der Waals surface area contributed by atoms with E-state index in [-0.39, 0.29) is 0 Å². The number of furan rings is 1. The maximum Gasteiger partial charge on any atom is 0.135 e. The van der Waals surface area contributed by atoms with E-state index in [1.165, 1.54) is 0 Å². The summed E-state index contributed by atoms with van der Waals surface area (Å²) in [5.41, 5.74) is 9.34. The number of hydrogen-bond acceptors (Lipinski definition) is 6. The molecule has 0 aliphatic carbocycles. The summed E-state index contributed by atoms with van der Waals surface area (Å²) in [6, 6.07) is 49.2. The van der Waals surface area contributed by atoms with Gasteiger partial charge in [0.05, 0.1) is 22.3 Å². The fourth-order valence-electron chi connectivity index (χ4n) is 5.73. The van der Waals surface area contributed by atoms with Crippen molar-refractivity contribution in [1.29, 1.82) is 21.0 Å². The smallest absolute Gasteiger partial charge is 0.135 e. The first-order valence-corrected chi connectivity index (χ1v) is 14.4. The average Bonchev–Trinajstić information content (AvgIpc) is 3.50. The van der Waals surface area contributed by atoms with Crippen LogP contribution < -0.4 is 4.90 Å². The van der Waals surface area contributed by atoms with Crippen LogP contribution in [0.1, 0.15) is 22.3 Å². The molecule has 0 amide bonds. The van der Waals surface area contributed by atoms with Crippen LogP contribution in [0.4, 0.5) is 17.1 Å². The zero-order valence-electron chi connectivity index (χ0n) is 24.3. The Labute approximate surface area is 265 Å². The highest BCUT2D eigenvalue weighted by molar-refractivity contribution is 6.06. The second-order valence-corrected chi connectivity index (χ2v) is 10.7. The van der Waals surface area contributed by atoms with E-state index in [0.29, 0.717) is 22.3 Å². The lowest BCUT2D eigenvalue weighted by Crippen LogP contribution is -2.09. The normalized spacial score (nSPS) is 10.5. The van der Waals surface area contributed by atoms with Crippen molar-refractivity contribution in [1.82, 2.24) is 0 Å². The number of rotatable bonds is 5. The molecule has 1 heterocycles. The number of hydrogen-bond donors (Lipinski definition) is 0. The van der Waals surface area contributed by atoms with Crippen LogP contribution >= 0.6 is 0 Å². The van der Waals surface area contributed by atoms with Gasteiger partial charge in [-0.15, -0.1) is 0 Å². The highest BCUT2D eigenvalue weighted by atomic mass is 16.3. The number of fused-ring (bicyclic) bond motifs is 3. The lowest BCUT2D eigenvalue weighted by Gasteiger charge is -2.26. The average molecular weight is 588 g/mol. The molecule has 0 fully saturated rings. The number of anilines is 3. The van der Waals surface area contributed by atoms with Gasteiger partial charge >= 0.3 is 0 Å². The maximum absolute atomic E-state index is 9.52. The van der Waals surface area contributed by atoms with Gasteiger partial charge in [-0.2, -0.15) is 21.0 Å².